The molecule has 0 amide bonds. The van der Waals surface area contributed by atoms with Crippen molar-refractivity contribution in [3.05, 3.63) is 60.3 Å². The van der Waals surface area contributed by atoms with E-state index in [1.54, 1.807) is 30.5 Å². The highest BCUT2D eigenvalue weighted by Gasteiger charge is 2.05. The van der Waals surface area contributed by atoms with Gasteiger partial charge >= 0.3 is 0 Å². The first-order valence-corrected chi connectivity index (χ1v) is 5.91. The van der Waals surface area contributed by atoms with Gasteiger partial charge in [-0.25, -0.2) is 0 Å². The number of phenols is 1. The lowest BCUT2D eigenvalue weighted by Crippen LogP contribution is -1.86. The van der Waals surface area contributed by atoms with Gasteiger partial charge in [-0.3, -0.25) is 9.78 Å². The molecule has 3 heteroatoms. The van der Waals surface area contributed by atoms with Crippen molar-refractivity contribution >= 4 is 17.2 Å². The lowest BCUT2D eigenvalue weighted by atomic mass is 10.0. The first kappa shape index (κ1) is 11.4. The first-order chi connectivity index (χ1) is 9.28. The predicted molar refractivity (Wildman–Crippen MR) is 74.2 cm³/mol. The molecule has 0 bridgehead atoms. The van der Waals surface area contributed by atoms with E-state index < -0.39 is 0 Å². The molecule has 0 unspecified atom stereocenters. The van der Waals surface area contributed by atoms with Crippen molar-refractivity contribution in [2.24, 2.45) is 0 Å². The number of phenolic OH excluding ortho intramolecular Hbond substituents is 1. The quantitative estimate of drug-likeness (QED) is 0.708. The average Bonchev–Trinajstić information content (AvgIpc) is 2.46. The second kappa shape index (κ2) is 4.53. The van der Waals surface area contributed by atoms with E-state index in [2.05, 4.69) is 4.98 Å². The molecule has 0 atom stereocenters. The fraction of sp³-hybridized carbons (Fsp3) is 0. The number of fused-ring (bicyclic) bond motifs is 1. The molecule has 0 saturated carbocycles. The first-order valence-electron chi connectivity index (χ1n) is 5.91. The summed E-state index contributed by atoms with van der Waals surface area (Å²) < 4.78 is 0. The van der Waals surface area contributed by atoms with Crippen molar-refractivity contribution in [2.45, 2.75) is 0 Å². The molecule has 0 aliphatic heterocycles. The lowest BCUT2D eigenvalue weighted by Gasteiger charge is -2.05. The summed E-state index contributed by atoms with van der Waals surface area (Å²) in [6.45, 7) is 0. The van der Waals surface area contributed by atoms with Crippen LogP contribution in [0.2, 0.25) is 0 Å². The van der Waals surface area contributed by atoms with Crippen LogP contribution in [0.3, 0.4) is 0 Å². The Morgan fingerprint density at radius 1 is 1.05 bits per heavy atom. The van der Waals surface area contributed by atoms with Crippen molar-refractivity contribution in [3.8, 4) is 16.9 Å². The van der Waals surface area contributed by atoms with Gasteiger partial charge in [0.1, 0.15) is 12.0 Å². The van der Waals surface area contributed by atoms with E-state index in [4.69, 9.17) is 0 Å². The van der Waals surface area contributed by atoms with E-state index >= 15 is 0 Å². The highest BCUT2D eigenvalue weighted by atomic mass is 16.3. The summed E-state index contributed by atoms with van der Waals surface area (Å²) in [5.41, 5.74) is 3.00. The number of para-hydroxylation sites is 1. The minimum absolute atomic E-state index is 0.218. The van der Waals surface area contributed by atoms with Gasteiger partial charge in [0, 0.05) is 28.3 Å². The molecular weight excluding hydrogens is 238 g/mol. The van der Waals surface area contributed by atoms with Crippen LogP contribution in [-0.4, -0.2) is 16.4 Å². The van der Waals surface area contributed by atoms with Crippen LogP contribution >= 0.6 is 0 Å². The number of aromatic hydroxyl groups is 1. The normalized spacial score (nSPS) is 10.5. The van der Waals surface area contributed by atoms with Crippen molar-refractivity contribution in [3.63, 3.8) is 0 Å². The maximum absolute atomic E-state index is 10.8. The second-order valence-corrected chi connectivity index (χ2v) is 4.31. The molecule has 1 heterocycles. The molecule has 3 nitrogen and oxygen atoms in total. The maximum atomic E-state index is 10.8. The van der Waals surface area contributed by atoms with Crippen molar-refractivity contribution in [1.82, 2.24) is 4.98 Å². The zero-order valence-electron chi connectivity index (χ0n) is 10.1. The van der Waals surface area contributed by atoms with Crippen LogP contribution in [0.15, 0.2) is 54.7 Å². The zero-order chi connectivity index (χ0) is 13.2. The highest BCUT2D eigenvalue weighted by molar-refractivity contribution is 5.89. The van der Waals surface area contributed by atoms with E-state index in [1.807, 2.05) is 24.3 Å². The molecule has 2 aromatic carbocycles. The number of aldehydes is 1. The van der Waals surface area contributed by atoms with Gasteiger partial charge < -0.3 is 5.11 Å². The predicted octanol–water partition coefficient (Wildman–Crippen LogP) is 3.42. The van der Waals surface area contributed by atoms with Crippen LogP contribution in [0.25, 0.3) is 22.0 Å². The summed E-state index contributed by atoms with van der Waals surface area (Å²) in [4.78, 5) is 15.1. The zero-order valence-corrected chi connectivity index (χ0v) is 10.1. The van der Waals surface area contributed by atoms with Crippen LogP contribution in [0.1, 0.15) is 10.4 Å². The maximum Gasteiger partial charge on any atom is 0.150 e. The van der Waals surface area contributed by atoms with Gasteiger partial charge in [-0.2, -0.15) is 0 Å². The van der Waals surface area contributed by atoms with E-state index in [0.29, 0.717) is 5.56 Å². The summed E-state index contributed by atoms with van der Waals surface area (Å²) in [5.74, 6) is 0.218. The molecule has 3 rings (SSSR count). The van der Waals surface area contributed by atoms with Gasteiger partial charge in [-0.15, -0.1) is 0 Å². The number of carbonyl (C=O) groups is 1. The molecule has 0 saturated heterocycles. The summed E-state index contributed by atoms with van der Waals surface area (Å²) in [7, 11) is 0. The fourth-order valence-corrected chi connectivity index (χ4v) is 2.09. The Morgan fingerprint density at radius 2 is 1.89 bits per heavy atom. The Morgan fingerprint density at radius 3 is 2.68 bits per heavy atom. The molecule has 1 aromatic heterocycles. The summed E-state index contributed by atoms with van der Waals surface area (Å²) in [6.07, 6.45) is 2.53. The molecule has 1 N–H and O–H groups in total. The average molecular weight is 249 g/mol. The van der Waals surface area contributed by atoms with Gasteiger partial charge in [-0.1, -0.05) is 18.2 Å². The number of aromatic nitrogens is 1. The molecule has 0 aliphatic carbocycles. The number of hydrogen-bond acceptors (Lipinski definition) is 3. The Labute approximate surface area is 110 Å². The Hall–Kier alpha value is -2.68. The largest absolute Gasteiger partial charge is 0.507 e. The van der Waals surface area contributed by atoms with E-state index in [9.17, 15) is 9.90 Å². The third-order valence-electron chi connectivity index (χ3n) is 3.06. The fourth-order valence-electron chi connectivity index (χ4n) is 2.09. The van der Waals surface area contributed by atoms with E-state index in [-0.39, 0.29) is 5.75 Å². The van der Waals surface area contributed by atoms with Crippen LogP contribution in [0.4, 0.5) is 0 Å². The minimum atomic E-state index is 0.218. The molecule has 3 aromatic rings. The number of hydrogen-bond donors (Lipinski definition) is 1. The molecule has 92 valence electrons. The summed E-state index contributed by atoms with van der Waals surface area (Å²) in [5, 5.41) is 10.7. The Bertz CT molecular complexity index is 766. The molecule has 19 heavy (non-hydrogen) atoms. The van der Waals surface area contributed by atoms with Gasteiger partial charge in [0.15, 0.2) is 0 Å². The number of carbonyl (C=O) groups excluding carboxylic acids is 1. The van der Waals surface area contributed by atoms with E-state index in [0.717, 1.165) is 28.3 Å². The SMILES string of the molecule is O=Cc1ccc2ncc(-c3ccccc3O)cc2c1. The Kier molecular flexibility index (Phi) is 2.72. The summed E-state index contributed by atoms with van der Waals surface area (Å²) >= 11 is 0. The smallest absolute Gasteiger partial charge is 0.150 e. The van der Waals surface area contributed by atoms with E-state index in [1.165, 1.54) is 0 Å². The van der Waals surface area contributed by atoms with Gasteiger partial charge in [0.25, 0.3) is 0 Å². The molecular formula is C16H11NO2. The van der Waals surface area contributed by atoms with Crippen LogP contribution in [-0.2, 0) is 0 Å². The van der Waals surface area contributed by atoms with Crippen LogP contribution in [0, 0.1) is 0 Å². The van der Waals surface area contributed by atoms with Crippen molar-refractivity contribution in [1.29, 1.82) is 0 Å². The standard InChI is InChI=1S/C16H11NO2/c18-10-11-5-6-15-12(7-11)8-13(9-17-15)14-3-1-2-4-16(14)19/h1-10,19H. The second-order valence-electron chi connectivity index (χ2n) is 4.31. The van der Waals surface area contributed by atoms with Crippen LogP contribution < -0.4 is 0 Å². The number of pyridine rings is 1. The molecule has 0 radical (unpaired) electrons. The summed E-state index contributed by atoms with van der Waals surface area (Å²) in [6, 6.07) is 14.4. The van der Waals surface area contributed by atoms with Crippen molar-refractivity contribution in [2.75, 3.05) is 0 Å². The Balaban J connectivity index is 2.21. The minimum Gasteiger partial charge on any atom is -0.507 e. The molecule has 0 fully saturated rings. The van der Waals surface area contributed by atoms with Crippen LogP contribution in [0.5, 0.6) is 5.75 Å². The van der Waals surface area contributed by atoms with Crippen molar-refractivity contribution < 1.29 is 9.90 Å². The number of nitrogens with zero attached hydrogens (tertiary/aromatic N) is 1. The number of rotatable bonds is 2. The van der Waals surface area contributed by atoms with Gasteiger partial charge in [-0.05, 0) is 30.3 Å². The monoisotopic (exact) mass is 249 g/mol. The number of benzene rings is 2. The van der Waals surface area contributed by atoms with Gasteiger partial charge in [0.2, 0.25) is 0 Å². The highest BCUT2D eigenvalue weighted by Crippen LogP contribution is 2.29. The third kappa shape index (κ3) is 2.06. The third-order valence-corrected chi connectivity index (χ3v) is 3.06. The molecule has 0 aliphatic rings. The lowest BCUT2D eigenvalue weighted by molar-refractivity contribution is 0.112. The molecule has 0 spiro atoms. The van der Waals surface area contributed by atoms with Gasteiger partial charge in [0.05, 0.1) is 5.52 Å². The topological polar surface area (TPSA) is 50.2 Å².